The standard InChI is InChI=1S/C20H25N3O5/c1-28-20(27)16-12-23(10-11-24)19(26)17(16)21-15-8-6-13(7-9-15)18(25)22-14-4-2-3-5-14/h6-9,14,21,24H,2-5,10-12H2,1H3,(H,22,25). The molecule has 1 aliphatic heterocycles. The molecule has 8 nitrogen and oxygen atoms in total. The van der Waals surface area contributed by atoms with Crippen LogP contribution in [-0.2, 0) is 14.3 Å². The van der Waals surface area contributed by atoms with Crippen molar-refractivity contribution in [2.24, 2.45) is 0 Å². The second-order valence-electron chi connectivity index (χ2n) is 6.95. The molecule has 2 aliphatic rings. The average Bonchev–Trinajstić information content (AvgIpc) is 3.31. The minimum atomic E-state index is -0.594. The van der Waals surface area contributed by atoms with E-state index in [2.05, 4.69) is 10.6 Å². The molecule has 0 unspecified atom stereocenters. The number of nitrogens with one attached hydrogen (secondary N) is 2. The molecule has 1 fully saturated rings. The van der Waals surface area contributed by atoms with Gasteiger partial charge in [-0.05, 0) is 37.1 Å². The number of aliphatic hydroxyl groups is 1. The number of benzene rings is 1. The van der Waals surface area contributed by atoms with Crippen LogP contribution in [-0.4, -0.2) is 60.6 Å². The maximum Gasteiger partial charge on any atom is 0.337 e. The van der Waals surface area contributed by atoms with Gasteiger partial charge in [-0.15, -0.1) is 0 Å². The molecule has 0 aromatic heterocycles. The van der Waals surface area contributed by atoms with Crippen LogP contribution in [0.15, 0.2) is 35.5 Å². The Labute approximate surface area is 163 Å². The number of methoxy groups -OCH3 is 1. The number of esters is 1. The van der Waals surface area contributed by atoms with Crippen molar-refractivity contribution in [1.82, 2.24) is 10.2 Å². The third kappa shape index (κ3) is 4.33. The van der Waals surface area contributed by atoms with Gasteiger partial charge in [-0.25, -0.2) is 4.79 Å². The van der Waals surface area contributed by atoms with E-state index < -0.39 is 5.97 Å². The summed E-state index contributed by atoms with van der Waals surface area (Å²) in [6, 6.07) is 6.97. The molecule has 1 aromatic carbocycles. The van der Waals surface area contributed by atoms with Crippen molar-refractivity contribution < 1.29 is 24.2 Å². The Morgan fingerprint density at radius 1 is 1.21 bits per heavy atom. The second-order valence-corrected chi connectivity index (χ2v) is 6.95. The quantitative estimate of drug-likeness (QED) is 0.603. The Bertz CT molecular complexity index is 782. The van der Waals surface area contributed by atoms with E-state index in [1.165, 1.54) is 12.0 Å². The minimum Gasteiger partial charge on any atom is -0.466 e. The minimum absolute atomic E-state index is 0.0796. The van der Waals surface area contributed by atoms with Gasteiger partial charge in [0.05, 0.1) is 25.8 Å². The van der Waals surface area contributed by atoms with Gasteiger partial charge in [0.1, 0.15) is 5.70 Å². The summed E-state index contributed by atoms with van der Waals surface area (Å²) in [4.78, 5) is 38.2. The third-order valence-corrected chi connectivity index (χ3v) is 5.06. The maximum absolute atomic E-state index is 12.5. The summed E-state index contributed by atoms with van der Waals surface area (Å²) in [7, 11) is 1.25. The second kappa shape index (κ2) is 8.88. The summed E-state index contributed by atoms with van der Waals surface area (Å²) < 4.78 is 4.76. The number of carbonyl (C=O) groups is 3. The fourth-order valence-corrected chi connectivity index (χ4v) is 3.54. The summed E-state index contributed by atoms with van der Waals surface area (Å²) in [5.74, 6) is -1.08. The maximum atomic E-state index is 12.5. The summed E-state index contributed by atoms with van der Waals surface area (Å²) in [6.45, 7) is 0.0132. The number of hydrogen-bond acceptors (Lipinski definition) is 6. The summed E-state index contributed by atoms with van der Waals surface area (Å²) >= 11 is 0. The molecule has 0 bridgehead atoms. The van der Waals surface area contributed by atoms with Gasteiger partial charge in [0.2, 0.25) is 0 Å². The molecule has 0 spiro atoms. The van der Waals surface area contributed by atoms with Crippen molar-refractivity contribution in [1.29, 1.82) is 0 Å². The number of hydrogen-bond donors (Lipinski definition) is 3. The van der Waals surface area contributed by atoms with Gasteiger partial charge < -0.3 is 25.4 Å². The Morgan fingerprint density at radius 3 is 2.50 bits per heavy atom. The fourth-order valence-electron chi connectivity index (χ4n) is 3.54. The summed E-state index contributed by atoms with van der Waals surface area (Å²) in [5.41, 5.74) is 1.46. The van der Waals surface area contributed by atoms with Crippen LogP contribution < -0.4 is 10.6 Å². The molecule has 1 saturated carbocycles. The first-order chi connectivity index (χ1) is 13.5. The van der Waals surface area contributed by atoms with E-state index in [0.717, 1.165) is 25.7 Å². The van der Waals surface area contributed by atoms with E-state index in [0.29, 0.717) is 11.3 Å². The van der Waals surface area contributed by atoms with E-state index in [4.69, 9.17) is 9.84 Å². The van der Waals surface area contributed by atoms with Crippen LogP contribution in [0.3, 0.4) is 0 Å². The number of anilines is 1. The van der Waals surface area contributed by atoms with Gasteiger partial charge in [0.25, 0.3) is 11.8 Å². The Kier molecular flexibility index (Phi) is 6.30. The van der Waals surface area contributed by atoms with E-state index in [9.17, 15) is 14.4 Å². The highest BCUT2D eigenvalue weighted by Gasteiger charge is 2.34. The highest BCUT2D eigenvalue weighted by Crippen LogP contribution is 2.23. The van der Waals surface area contributed by atoms with Crippen LogP contribution in [0.4, 0.5) is 5.69 Å². The van der Waals surface area contributed by atoms with Crippen LogP contribution in [0.5, 0.6) is 0 Å². The van der Waals surface area contributed by atoms with Crippen molar-refractivity contribution in [2.45, 2.75) is 31.7 Å². The molecule has 1 aromatic rings. The highest BCUT2D eigenvalue weighted by molar-refractivity contribution is 6.08. The monoisotopic (exact) mass is 387 g/mol. The van der Waals surface area contributed by atoms with E-state index in [1.807, 2.05) is 0 Å². The van der Waals surface area contributed by atoms with Gasteiger partial charge in [-0.1, -0.05) is 12.8 Å². The Morgan fingerprint density at radius 2 is 1.89 bits per heavy atom. The van der Waals surface area contributed by atoms with Crippen molar-refractivity contribution in [2.75, 3.05) is 32.1 Å². The zero-order valence-corrected chi connectivity index (χ0v) is 15.9. The van der Waals surface area contributed by atoms with Gasteiger partial charge in [-0.2, -0.15) is 0 Å². The smallest absolute Gasteiger partial charge is 0.337 e. The molecular formula is C20H25N3O5. The highest BCUT2D eigenvalue weighted by atomic mass is 16.5. The average molecular weight is 387 g/mol. The number of amides is 2. The van der Waals surface area contributed by atoms with Crippen LogP contribution >= 0.6 is 0 Å². The zero-order chi connectivity index (χ0) is 20.1. The first-order valence-corrected chi connectivity index (χ1v) is 9.43. The lowest BCUT2D eigenvalue weighted by Crippen LogP contribution is -2.32. The normalized spacial score (nSPS) is 17.2. The van der Waals surface area contributed by atoms with E-state index >= 15 is 0 Å². The van der Waals surface area contributed by atoms with Crippen molar-refractivity contribution in [3.63, 3.8) is 0 Å². The third-order valence-electron chi connectivity index (χ3n) is 5.06. The molecular weight excluding hydrogens is 362 g/mol. The first kappa shape index (κ1) is 19.9. The molecule has 1 heterocycles. The fraction of sp³-hybridized carbons (Fsp3) is 0.450. The first-order valence-electron chi connectivity index (χ1n) is 9.43. The lowest BCUT2D eigenvalue weighted by atomic mass is 10.1. The molecule has 2 amide bonds. The summed E-state index contributed by atoms with van der Waals surface area (Å²) in [5, 5.41) is 15.1. The van der Waals surface area contributed by atoms with Crippen LogP contribution in [0.25, 0.3) is 0 Å². The summed E-state index contributed by atoms with van der Waals surface area (Å²) in [6.07, 6.45) is 4.32. The Balaban J connectivity index is 1.71. The van der Waals surface area contributed by atoms with Gasteiger partial charge >= 0.3 is 5.97 Å². The lowest BCUT2D eigenvalue weighted by Gasteiger charge is -2.15. The molecule has 28 heavy (non-hydrogen) atoms. The van der Waals surface area contributed by atoms with Crippen LogP contribution in [0, 0.1) is 0 Å². The van der Waals surface area contributed by atoms with Gasteiger partial charge in [-0.3, -0.25) is 9.59 Å². The Hall–Kier alpha value is -2.87. The number of nitrogens with zero attached hydrogens (tertiary/aromatic N) is 1. The molecule has 3 N–H and O–H groups in total. The molecule has 0 saturated heterocycles. The van der Waals surface area contributed by atoms with Crippen molar-refractivity contribution in [3.8, 4) is 0 Å². The molecule has 3 rings (SSSR count). The van der Waals surface area contributed by atoms with Gasteiger partial charge in [0, 0.05) is 23.8 Å². The van der Waals surface area contributed by atoms with Crippen LogP contribution in [0.1, 0.15) is 36.0 Å². The van der Waals surface area contributed by atoms with Gasteiger partial charge in [0.15, 0.2) is 0 Å². The number of rotatable bonds is 7. The SMILES string of the molecule is COC(=O)C1=C(Nc2ccc(C(=O)NC3CCCC3)cc2)C(=O)N(CCO)C1. The largest absolute Gasteiger partial charge is 0.466 e. The topological polar surface area (TPSA) is 108 Å². The van der Waals surface area contributed by atoms with Crippen molar-refractivity contribution >= 4 is 23.5 Å². The van der Waals surface area contributed by atoms with E-state index in [1.54, 1.807) is 24.3 Å². The molecule has 150 valence electrons. The molecule has 0 radical (unpaired) electrons. The van der Waals surface area contributed by atoms with Crippen LogP contribution in [0.2, 0.25) is 0 Å². The van der Waals surface area contributed by atoms with E-state index in [-0.39, 0.29) is 48.8 Å². The predicted molar refractivity (Wildman–Crippen MR) is 102 cm³/mol. The molecule has 8 heteroatoms. The number of carbonyl (C=O) groups excluding carboxylic acids is 3. The number of β-amino-alcohol motifs (C(OH)–C–C–N with tert-alkyl or cyclic N) is 1. The number of aliphatic hydroxyl groups excluding tert-OH is 1. The molecule has 0 atom stereocenters. The predicted octanol–water partition coefficient (Wildman–Crippen LogP) is 1.03. The molecule has 1 aliphatic carbocycles. The van der Waals surface area contributed by atoms with Crippen molar-refractivity contribution in [3.05, 3.63) is 41.1 Å². The lowest BCUT2D eigenvalue weighted by molar-refractivity contribution is -0.136. The number of ether oxygens (including phenoxy) is 1. The zero-order valence-electron chi connectivity index (χ0n) is 15.9.